The van der Waals surface area contributed by atoms with E-state index in [-0.39, 0.29) is 19.3 Å². The molecule has 0 aliphatic carbocycles. The molecule has 0 unspecified atom stereocenters. The van der Waals surface area contributed by atoms with Crippen molar-refractivity contribution < 1.29 is 34.2 Å². The van der Waals surface area contributed by atoms with Crippen LogP contribution in [0.1, 0.15) is 148 Å². The summed E-state index contributed by atoms with van der Waals surface area (Å²) in [4.78, 5) is 33.1. The molecule has 2 N–H and O–H groups in total. The van der Waals surface area contributed by atoms with Crippen molar-refractivity contribution >= 4 is 17.9 Å². The summed E-state index contributed by atoms with van der Waals surface area (Å²) >= 11 is 0. The van der Waals surface area contributed by atoms with E-state index in [2.05, 4.69) is 19.1 Å². The number of rotatable bonds is 30. The van der Waals surface area contributed by atoms with Gasteiger partial charge in [-0.2, -0.15) is 0 Å². The van der Waals surface area contributed by atoms with Crippen molar-refractivity contribution in [2.75, 3.05) is 26.2 Å². The molecule has 0 fully saturated rings. The van der Waals surface area contributed by atoms with E-state index in [0.29, 0.717) is 43.4 Å². The highest BCUT2D eigenvalue weighted by atomic mass is 16.4. The van der Waals surface area contributed by atoms with E-state index < -0.39 is 17.9 Å². The van der Waals surface area contributed by atoms with Crippen LogP contribution >= 0.6 is 0 Å². The quantitative estimate of drug-likeness (QED) is 0.0569. The van der Waals surface area contributed by atoms with Crippen molar-refractivity contribution in [2.24, 2.45) is 0 Å². The molecule has 0 aromatic heterocycles. The first-order valence-electron chi connectivity index (χ1n) is 15.9. The molecular formula is C32H59NO6. The lowest BCUT2D eigenvalue weighted by molar-refractivity contribution is -0.929. The Morgan fingerprint density at radius 3 is 1.31 bits per heavy atom. The Morgan fingerprint density at radius 1 is 0.538 bits per heavy atom. The van der Waals surface area contributed by atoms with E-state index in [0.717, 1.165) is 19.4 Å². The van der Waals surface area contributed by atoms with Crippen LogP contribution in [0.5, 0.6) is 0 Å². The maximum atomic E-state index is 11.1. The van der Waals surface area contributed by atoms with Crippen LogP contribution in [-0.4, -0.2) is 58.8 Å². The fraction of sp³-hybridized carbons (Fsp3) is 0.844. The van der Waals surface area contributed by atoms with E-state index in [1.807, 2.05) is 0 Å². The molecule has 0 radical (unpaired) electrons. The maximum absolute atomic E-state index is 11.1. The first-order chi connectivity index (χ1) is 18.8. The first kappa shape index (κ1) is 37.1. The molecule has 7 nitrogen and oxygen atoms in total. The molecule has 7 heteroatoms. The van der Waals surface area contributed by atoms with Gasteiger partial charge in [0.2, 0.25) is 0 Å². The van der Waals surface area contributed by atoms with Gasteiger partial charge in [0.05, 0.1) is 39.0 Å². The van der Waals surface area contributed by atoms with E-state index >= 15 is 0 Å². The number of hydrogen-bond acceptors (Lipinski definition) is 4. The smallest absolute Gasteiger partial charge is 0.303 e. The summed E-state index contributed by atoms with van der Waals surface area (Å²) in [6.07, 6.45) is 26.5. The average Bonchev–Trinajstić information content (AvgIpc) is 2.87. The van der Waals surface area contributed by atoms with Gasteiger partial charge in [0, 0.05) is 25.2 Å². The van der Waals surface area contributed by atoms with Crippen molar-refractivity contribution in [3.63, 3.8) is 0 Å². The highest BCUT2D eigenvalue weighted by molar-refractivity contribution is 5.66. The Morgan fingerprint density at radius 2 is 0.897 bits per heavy atom. The largest absolute Gasteiger partial charge is 0.550 e. The van der Waals surface area contributed by atoms with Crippen molar-refractivity contribution in [3.05, 3.63) is 12.2 Å². The molecule has 228 valence electrons. The first-order valence-corrected chi connectivity index (χ1v) is 15.9. The summed E-state index contributed by atoms with van der Waals surface area (Å²) in [5.41, 5.74) is 0. The normalized spacial score (nSPS) is 11.8. The van der Waals surface area contributed by atoms with Gasteiger partial charge in [-0.25, -0.2) is 0 Å². The number of quaternary nitrogens is 1. The van der Waals surface area contributed by atoms with Crippen LogP contribution in [-0.2, 0) is 14.4 Å². The van der Waals surface area contributed by atoms with Gasteiger partial charge in [-0.3, -0.25) is 9.59 Å². The summed E-state index contributed by atoms with van der Waals surface area (Å²) < 4.78 is 0.613. The third-order valence-corrected chi connectivity index (χ3v) is 7.70. The van der Waals surface area contributed by atoms with Crippen molar-refractivity contribution in [2.45, 2.75) is 148 Å². The fourth-order valence-corrected chi connectivity index (χ4v) is 5.41. The van der Waals surface area contributed by atoms with Gasteiger partial charge in [0.1, 0.15) is 0 Å². The standard InChI is InChI=1S/C32H59NO6/c1-2-3-4-5-6-7-8-9-10-11-12-13-14-15-16-17-18-19-26-33(27-20-23-30(34)35,28-21-24-31(36)37)29-22-25-32(38)39/h7-8H,2-6,9-29H2,1H3,(H2-,34,35,36,37,38,39)/b8-7+. The summed E-state index contributed by atoms with van der Waals surface area (Å²) in [5.74, 6) is -2.74. The topological polar surface area (TPSA) is 115 Å². The van der Waals surface area contributed by atoms with E-state index in [1.54, 1.807) is 0 Å². The lowest BCUT2D eigenvalue weighted by atomic mass is 10.0. The van der Waals surface area contributed by atoms with Gasteiger partial charge >= 0.3 is 11.9 Å². The number of allylic oxidation sites excluding steroid dienone is 2. The number of carboxylic acid groups (broad SMARTS) is 3. The Hall–Kier alpha value is -1.89. The van der Waals surface area contributed by atoms with Crippen LogP contribution in [0.25, 0.3) is 0 Å². The molecule has 0 aliphatic rings. The Labute approximate surface area is 238 Å². The monoisotopic (exact) mass is 553 g/mol. The average molecular weight is 554 g/mol. The van der Waals surface area contributed by atoms with Crippen LogP contribution in [0.2, 0.25) is 0 Å². The number of nitrogens with zero attached hydrogens (tertiary/aromatic N) is 1. The molecule has 0 aromatic carbocycles. The zero-order valence-electron chi connectivity index (χ0n) is 25.0. The number of unbranched alkanes of at least 4 members (excludes halogenated alkanes) is 14. The summed E-state index contributed by atoms with van der Waals surface area (Å²) in [7, 11) is 0. The molecule has 0 aliphatic heterocycles. The predicted molar refractivity (Wildman–Crippen MR) is 156 cm³/mol. The Kier molecular flexibility index (Phi) is 25.1. The second-order valence-electron chi connectivity index (χ2n) is 11.4. The number of carbonyl (C=O) groups is 3. The number of aliphatic carboxylic acids is 3. The minimum atomic E-state index is -1.07. The molecule has 39 heavy (non-hydrogen) atoms. The van der Waals surface area contributed by atoms with Gasteiger partial charge in [0.15, 0.2) is 0 Å². The molecule has 0 aromatic rings. The summed E-state index contributed by atoms with van der Waals surface area (Å²) in [5, 5.41) is 29.1. The minimum Gasteiger partial charge on any atom is -0.550 e. The summed E-state index contributed by atoms with van der Waals surface area (Å²) in [6, 6.07) is 0. The molecule has 0 spiro atoms. The third-order valence-electron chi connectivity index (χ3n) is 7.70. The van der Waals surface area contributed by atoms with Crippen molar-refractivity contribution in [1.82, 2.24) is 0 Å². The second-order valence-corrected chi connectivity index (χ2v) is 11.4. The van der Waals surface area contributed by atoms with Gasteiger partial charge < -0.3 is 24.6 Å². The van der Waals surface area contributed by atoms with Crippen molar-refractivity contribution in [1.29, 1.82) is 0 Å². The molecule has 0 amide bonds. The lowest BCUT2D eigenvalue weighted by Crippen LogP contribution is -2.51. The van der Waals surface area contributed by atoms with Gasteiger partial charge in [0.25, 0.3) is 0 Å². The molecular weight excluding hydrogens is 494 g/mol. The maximum Gasteiger partial charge on any atom is 0.303 e. The molecule has 0 saturated heterocycles. The summed E-state index contributed by atoms with van der Waals surface area (Å²) in [6.45, 7) is 5.02. The zero-order chi connectivity index (χ0) is 29.0. The van der Waals surface area contributed by atoms with Gasteiger partial charge in [-0.15, -0.1) is 0 Å². The molecule has 0 atom stereocenters. The van der Waals surface area contributed by atoms with Crippen LogP contribution < -0.4 is 5.11 Å². The second kappa shape index (κ2) is 26.3. The van der Waals surface area contributed by atoms with Gasteiger partial charge in [-0.05, 0) is 44.9 Å². The van der Waals surface area contributed by atoms with Gasteiger partial charge in [-0.1, -0.05) is 83.3 Å². The fourth-order valence-electron chi connectivity index (χ4n) is 5.41. The Bertz CT molecular complexity index is 598. The third kappa shape index (κ3) is 26.1. The molecule has 0 heterocycles. The van der Waals surface area contributed by atoms with Crippen molar-refractivity contribution in [3.8, 4) is 0 Å². The lowest BCUT2D eigenvalue weighted by Gasteiger charge is -2.39. The SMILES string of the molecule is CCCCCC/C=C/CCCCCCCCCCCC[N+](CCCC(=O)[O-])(CCCC(=O)O)CCCC(=O)O. The zero-order valence-corrected chi connectivity index (χ0v) is 25.0. The Balaban J connectivity index is 4.18. The van der Waals surface area contributed by atoms with E-state index in [9.17, 15) is 19.5 Å². The highest BCUT2D eigenvalue weighted by Crippen LogP contribution is 2.19. The molecule has 0 bridgehead atoms. The van der Waals surface area contributed by atoms with Crippen LogP contribution in [0.4, 0.5) is 0 Å². The van der Waals surface area contributed by atoms with E-state index in [4.69, 9.17) is 10.2 Å². The predicted octanol–water partition coefficient (Wildman–Crippen LogP) is 6.88. The van der Waals surface area contributed by atoms with E-state index in [1.165, 1.54) is 89.9 Å². The molecule has 0 rings (SSSR count). The number of carbonyl (C=O) groups excluding carboxylic acids is 1. The highest BCUT2D eigenvalue weighted by Gasteiger charge is 2.26. The van der Waals surface area contributed by atoms with Crippen LogP contribution in [0, 0.1) is 0 Å². The number of carboxylic acids is 3. The number of hydrogen-bond donors (Lipinski definition) is 2. The minimum absolute atomic E-state index is 0.0202. The van der Waals surface area contributed by atoms with Crippen LogP contribution in [0.3, 0.4) is 0 Å². The molecule has 0 saturated carbocycles. The van der Waals surface area contributed by atoms with Crippen LogP contribution in [0.15, 0.2) is 12.2 Å².